The van der Waals surface area contributed by atoms with Gasteiger partial charge in [-0.25, -0.2) is 4.99 Å². The van der Waals surface area contributed by atoms with E-state index in [4.69, 9.17) is 16.3 Å². The van der Waals surface area contributed by atoms with Crippen LogP contribution in [0.5, 0.6) is 0 Å². The van der Waals surface area contributed by atoms with Crippen LogP contribution in [-0.4, -0.2) is 12.8 Å². The van der Waals surface area contributed by atoms with E-state index in [-0.39, 0.29) is 5.16 Å². The van der Waals surface area contributed by atoms with Crippen LogP contribution < -0.4 is 0 Å². The third-order valence-electron chi connectivity index (χ3n) is 1.09. The fraction of sp³-hybridized carbons (Fsp3) is 0.444. The number of allylic oxidation sites excluding steroid dienone is 2. The highest BCUT2D eigenvalue weighted by Gasteiger charge is 1.90. The molecular weight excluding hydrogens is 174 g/mol. The molecular formula is C9H14ClNO. The molecule has 0 heterocycles. The van der Waals surface area contributed by atoms with Crippen molar-refractivity contribution in [1.29, 1.82) is 0 Å². The van der Waals surface area contributed by atoms with Crippen molar-refractivity contribution in [1.82, 2.24) is 0 Å². The average molecular weight is 188 g/mol. The first-order valence-electron chi connectivity index (χ1n) is 3.88. The van der Waals surface area contributed by atoms with Crippen LogP contribution in [0.4, 0.5) is 0 Å². The first-order chi connectivity index (χ1) is 5.70. The van der Waals surface area contributed by atoms with Gasteiger partial charge in [0, 0.05) is 0 Å². The van der Waals surface area contributed by atoms with Crippen LogP contribution in [0.3, 0.4) is 0 Å². The van der Waals surface area contributed by atoms with Crippen molar-refractivity contribution in [3.8, 4) is 0 Å². The smallest absolute Gasteiger partial charge is 0.133 e. The Bertz CT molecular complexity index is 197. The Morgan fingerprint density at radius 2 is 2.33 bits per heavy atom. The molecule has 0 fully saturated rings. The van der Waals surface area contributed by atoms with Crippen molar-refractivity contribution in [2.24, 2.45) is 4.99 Å². The number of rotatable bonds is 5. The van der Waals surface area contributed by atoms with Gasteiger partial charge in [-0.2, -0.15) is 0 Å². The highest BCUT2D eigenvalue weighted by molar-refractivity contribution is 6.29. The van der Waals surface area contributed by atoms with Crippen LogP contribution >= 0.6 is 11.6 Å². The van der Waals surface area contributed by atoms with Gasteiger partial charge in [0.2, 0.25) is 0 Å². The molecule has 68 valence electrons. The molecule has 0 aliphatic rings. The zero-order chi connectivity index (χ0) is 9.40. The predicted octanol–water partition coefficient (Wildman–Crippen LogP) is 3.10. The summed E-state index contributed by atoms with van der Waals surface area (Å²) < 4.78 is 5.30. The molecule has 0 N–H and O–H groups in total. The fourth-order valence-electron chi connectivity index (χ4n) is 0.549. The molecule has 0 saturated carbocycles. The third-order valence-corrected chi connectivity index (χ3v) is 1.19. The van der Waals surface area contributed by atoms with Crippen molar-refractivity contribution < 1.29 is 4.74 Å². The van der Waals surface area contributed by atoms with Crippen molar-refractivity contribution in [2.45, 2.75) is 20.3 Å². The summed E-state index contributed by atoms with van der Waals surface area (Å²) in [7, 11) is 0. The minimum atomic E-state index is 0.259. The Morgan fingerprint density at radius 1 is 1.67 bits per heavy atom. The minimum absolute atomic E-state index is 0.259. The van der Waals surface area contributed by atoms with Crippen LogP contribution in [0.2, 0.25) is 0 Å². The van der Waals surface area contributed by atoms with Crippen LogP contribution in [0.1, 0.15) is 20.3 Å². The molecule has 12 heavy (non-hydrogen) atoms. The Kier molecular flexibility index (Phi) is 6.48. The number of aliphatic imine (C=N–C) groups is 1. The first kappa shape index (κ1) is 11.2. The van der Waals surface area contributed by atoms with Crippen LogP contribution in [0, 0.1) is 0 Å². The normalized spacial score (nSPS) is 12.1. The summed E-state index contributed by atoms with van der Waals surface area (Å²) in [4.78, 5) is 3.80. The lowest BCUT2D eigenvalue weighted by Gasteiger charge is -2.02. The summed E-state index contributed by atoms with van der Waals surface area (Å²) in [5.41, 5.74) is 0. The Morgan fingerprint density at radius 3 is 2.75 bits per heavy atom. The van der Waals surface area contributed by atoms with E-state index in [0.29, 0.717) is 6.61 Å². The zero-order valence-corrected chi connectivity index (χ0v) is 8.27. The summed E-state index contributed by atoms with van der Waals surface area (Å²) in [5, 5.41) is 0.259. The molecule has 2 nitrogen and oxygen atoms in total. The van der Waals surface area contributed by atoms with Gasteiger partial charge in [-0.15, -0.1) is 0 Å². The molecule has 0 radical (unpaired) electrons. The Labute approximate surface area is 78.6 Å². The average Bonchev–Trinajstić information content (AvgIpc) is 2.05. The van der Waals surface area contributed by atoms with Crippen LogP contribution in [0.15, 0.2) is 28.6 Å². The maximum Gasteiger partial charge on any atom is 0.133 e. The minimum Gasteiger partial charge on any atom is -0.492 e. The van der Waals surface area contributed by atoms with E-state index in [1.165, 1.54) is 0 Å². The van der Waals surface area contributed by atoms with Gasteiger partial charge in [-0.1, -0.05) is 25.1 Å². The Hall–Kier alpha value is -0.760. The maximum absolute atomic E-state index is 5.44. The number of hydrogen-bond donors (Lipinski definition) is 0. The van der Waals surface area contributed by atoms with Gasteiger partial charge in [0.05, 0.1) is 12.8 Å². The number of nitrogens with zero attached hydrogens (tertiary/aromatic N) is 1. The number of halogens is 1. The Balaban J connectivity index is 3.92. The van der Waals surface area contributed by atoms with E-state index in [1.807, 2.05) is 19.9 Å². The molecule has 3 heteroatoms. The number of hydrogen-bond acceptors (Lipinski definition) is 2. The van der Waals surface area contributed by atoms with Crippen molar-refractivity contribution in [2.75, 3.05) is 6.61 Å². The van der Waals surface area contributed by atoms with E-state index >= 15 is 0 Å². The van der Waals surface area contributed by atoms with Crippen molar-refractivity contribution >= 4 is 17.8 Å². The summed E-state index contributed by atoms with van der Waals surface area (Å²) in [6, 6.07) is 0. The van der Waals surface area contributed by atoms with Gasteiger partial charge < -0.3 is 4.74 Å². The summed E-state index contributed by atoms with van der Waals surface area (Å²) in [5.74, 6) is 0.721. The molecule has 0 aliphatic heterocycles. The van der Waals surface area contributed by atoms with Crippen molar-refractivity contribution in [3.63, 3.8) is 0 Å². The van der Waals surface area contributed by atoms with E-state index in [0.717, 1.165) is 12.2 Å². The second-order valence-corrected chi connectivity index (χ2v) is 2.61. The van der Waals surface area contributed by atoms with Gasteiger partial charge >= 0.3 is 0 Å². The van der Waals surface area contributed by atoms with E-state index in [2.05, 4.69) is 11.6 Å². The lowest BCUT2D eigenvalue weighted by atomic mass is 10.5. The van der Waals surface area contributed by atoms with Gasteiger partial charge in [-0.05, 0) is 19.4 Å². The molecule has 0 bridgehead atoms. The third kappa shape index (κ3) is 5.98. The van der Waals surface area contributed by atoms with Gasteiger partial charge in [0.15, 0.2) is 0 Å². The molecule has 0 aromatic carbocycles. The lowest BCUT2D eigenvalue weighted by Crippen LogP contribution is -1.94. The summed E-state index contributed by atoms with van der Waals surface area (Å²) in [6.07, 6.45) is 4.37. The summed E-state index contributed by atoms with van der Waals surface area (Å²) >= 11 is 5.44. The van der Waals surface area contributed by atoms with Gasteiger partial charge in [0.25, 0.3) is 0 Å². The number of ether oxygens (including phenoxy) is 1. The lowest BCUT2D eigenvalue weighted by molar-refractivity contribution is 0.232. The van der Waals surface area contributed by atoms with Crippen molar-refractivity contribution in [3.05, 3.63) is 23.6 Å². The molecule has 0 atom stereocenters. The van der Waals surface area contributed by atoms with Gasteiger partial charge in [-0.3, -0.25) is 0 Å². The largest absolute Gasteiger partial charge is 0.492 e. The zero-order valence-electron chi connectivity index (χ0n) is 7.51. The maximum atomic E-state index is 5.44. The molecule has 0 rings (SSSR count). The van der Waals surface area contributed by atoms with Crippen LogP contribution in [0.25, 0.3) is 0 Å². The monoisotopic (exact) mass is 187 g/mol. The first-order valence-corrected chi connectivity index (χ1v) is 4.26. The SMILES string of the molecule is C=C(Cl)/N=C\C(=C/C)OCCC. The topological polar surface area (TPSA) is 21.6 Å². The highest BCUT2D eigenvalue weighted by Crippen LogP contribution is 2.00. The predicted molar refractivity (Wildman–Crippen MR) is 53.5 cm³/mol. The fourth-order valence-corrected chi connectivity index (χ4v) is 0.598. The second kappa shape index (κ2) is 6.92. The molecule has 0 unspecified atom stereocenters. The highest BCUT2D eigenvalue weighted by atomic mass is 35.5. The molecule has 0 saturated heterocycles. The molecule has 0 aliphatic carbocycles. The molecule has 0 amide bonds. The molecule has 0 aromatic rings. The van der Waals surface area contributed by atoms with E-state index in [1.54, 1.807) is 6.21 Å². The molecule has 0 spiro atoms. The summed E-state index contributed by atoms with van der Waals surface area (Å²) in [6.45, 7) is 8.05. The quantitative estimate of drug-likeness (QED) is 0.368. The van der Waals surface area contributed by atoms with Crippen LogP contribution in [-0.2, 0) is 4.74 Å². The van der Waals surface area contributed by atoms with E-state index < -0.39 is 0 Å². The van der Waals surface area contributed by atoms with E-state index in [9.17, 15) is 0 Å². The second-order valence-electron chi connectivity index (χ2n) is 2.17. The van der Waals surface area contributed by atoms with Gasteiger partial charge in [0.1, 0.15) is 10.9 Å². The molecule has 0 aromatic heterocycles. The standard InChI is InChI=1S/C9H14ClNO/c1-4-6-12-9(5-2)7-11-8(3)10/h5,7H,3-4,6H2,1-2H3/b9-5+,11-7-.